The van der Waals surface area contributed by atoms with Crippen molar-refractivity contribution in [1.29, 1.82) is 0 Å². The lowest BCUT2D eigenvalue weighted by Gasteiger charge is -2.23. The summed E-state index contributed by atoms with van der Waals surface area (Å²) in [4.78, 5) is 14.5. The number of hydrogen-bond donors (Lipinski definition) is 1. The molecule has 0 amide bonds. The van der Waals surface area contributed by atoms with Gasteiger partial charge in [-0.2, -0.15) is 4.98 Å². The number of benzene rings is 2. The van der Waals surface area contributed by atoms with Gasteiger partial charge < -0.3 is 15.1 Å². The van der Waals surface area contributed by atoms with Crippen LogP contribution in [0.25, 0.3) is 10.9 Å². The fourth-order valence-corrected chi connectivity index (χ4v) is 3.74. The van der Waals surface area contributed by atoms with Crippen LogP contribution in [0, 0.1) is 5.92 Å². The molecule has 0 aliphatic carbocycles. The van der Waals surface area contributed by atoms with Crippen LogP contribution < -0.4 is 10.2 Å². The van der Waals surface area contributed by atoms with E-state index in [-0.39, 0.29) is 0 Å². The van der Waals surface area contributed by atoms with Crippen molar-refractivity contribution >= 4 is 22.7 Å². The quantitative estimate of drug-likeness (QED) is 0.769. The predicted molar refractivity (Wildman–Crippen MR) is 112 cm³/mol. The lowest BCUT2D eigenvalue weighted by molar-refractivity contribution is 0.321. The number of nitrogens with one attached hydrogen (secondary N) is 1. The Morgan fingerprint density at radius 3 is 2.59 bits per heavy atom. The number of rotatable bonds is 4. The maximum atomic E-state index is 4.93. The minimum atomic E-state index is 0.591. The summed E-state index contributed by atoms with van der Waals surface area (Å²) in [5.74, 6) is 2.32. The van der Waals surface area contributed by atoms with E-state index < -0.39 is 0 Å². The molecule has 2 aromatic carbocycles. The Labute approximate surface area is 161 Å². The molecule has 1 atom stereocenters. The van der Waals surface area contributed by atoms with Crippen LogP contribution in [0.1, 0.15) is 12.5 Å². The summed E-state index contributed by atoms with van der Waals surface area (Å²) in [6.07, 6.45) is 0. The number of likely N-dealkylation sites (N-methyl/N-ethyl adjacent to an activating group) is 1. The van der Waals surface area contributed by atoms with Crippen molar-refractivity contribution in [3.05, 3.63) is 60.2 Å². The van der Waals surface area contributed by atoms with Gasteiger partial charge in [0.25, 0.3) is 0 Å². The lowest BCUT2D eigenvalue weighted by Crippen LogP contribution is -2.31. The molecule has 0 saturated carbocycles. The highest BCUT2D eigenvalue weighted by Crippen LogP contribution is 2.25. The lowest BCUT2D eigenvalue weighted by atomic mass is 10.1. The molecular weight excluding hydrogens is 334 g/mol. The molecule has 4 rings (SSSR count). The molecule has 27 heavy (non-hydrogen) atoms. The zero-order valence-electron chi connectivity index (χ0n) is 16.1. The fraction of sp³-hybridized carbons (Fsp3) is 0.364. The highest BCUT2D eigenvalue weighted by molar-refractivity contribution is 5.90. The molecule has 1 fully saturated rings. The number of aromatic nitrogens is 2. The molecule has 1 aliphatic rings. The molecule has 0 bridgehead atoms. The first-order chi connectivity index (χ1) is 13.2. The minimum Gasteiger partial charge on any atom is -0.365 e. The topological polar surface area (TPSA) is 44.3 Å². The van der Waals surface area contributed by atoms with Gasteiger partial charge >= 0.3 is 0 Å². The molecule has 1 saturated heterocycles. The summed E-state index contributed by atoms with van der Waals surface area (Å²) in [6.45, 7) is 7.14. The van der Waals surface area contributed by atoms with Crippen molar-refractivity contribution in [3.63, 3.8) is 0 Å². The van der Waals surface area contributed by atoms with E-state index in [1.807, 2.05) is 18.2 Å². The van der Waals surface area contributed by atoms with Gasteiger partial charge in [-0.25, -0.2) is 4.98 Å². The first kappa shape index (κ1) is 17.7. The summed E-state index contributed by atoms with van der Waals surface area (Å²) >= 11 is 0. The van der Waals surface area contributed by atoms with Crippen molar-refractivity contribution in [3.8, 4) is 0 Å². The van der Waals surface area contributed by atoms with E-state index in [0.717, 1.165) is 55.4 Å². The van der Waals surface area contributed by atoms with E-state index in [1.54, 1.807) is 0 Å². The fourth-order valence-electron chi connectivity index (χ4n) is 3.74. The van der Waals surface area contributed by atoms with Gasteiger partial charge in [0.05, 0.1) is 5.52 Å². The first-order valence-electron chi connectivity index (χ1n) is 9.67. The van der Waals surface area contributed by atoms with Crippen LogP contribution in [0.3, 0.4) is 0 Å². The van der Waals surface area contributed by atoms with Gasteiger partial charge in [-0.3, -0.25) is 0 Å². The zero-order chi connectivity index (χ0) is 18.6. The van der Waals surface area contributed by atoms with Crippen LogP contribution >= 0.6 is 0 Å². The van der Waals surface area contributed by atoms with Crippen molar-refractivity contribution in [1.82, 2.24) is 14.9 Å². The average molecular weight is 361 g/mol. The van der Waals surface area contributed by atoms with Gasteiger partial charge in [0.2, 0.25) is 5.95 Å². The molecule has 1 aromatic heterocycles. The largest absolute Gasteiger partial charge is 0.365 e. The molecule has 140 valence electrons. The molecule has 1 N–H and O–H groups in total. The SMILES string of the molecule is CC1CN(C)CCN(c2nc(NCc3ccccc3)c3ccccc3n2)C1. The number of fused-ring (bicyclic) bond motifs is 1. The molecule has 0 spiro atoms. The van der Waals surface area contributed by atoms with Crippen molar-refractivity contribution in [2.45, 2.75) is 13.5 Å². The van der Waals surface area contributed by atoms with Crippen LogP contribution in [-0.2, 0) is 6.54 Å². The van der Waals surface area contributed by atoms with Gasteiger partial charge in [-0.05, 0) is 30.7 Å². The summed E-state index contributed by atoms with van der Waals surface area (Å²) < 4.78 is 0. The Bertz CT molecular complexity index is 896. The maximum absolute atomic E-state index is 4.93. The van der Waals surface area contributed by atoms with Gasteiger partial charge in [-0.1, -0.05) is 49.4 Å². The maximum Gasteiger partial charge on any atom is 0.227 e. The monoisotopic (exact) mass is 361 g/mol. The van der Waals surface area contributed by atoms with Gasteiger partial charge in [0.15, 0.2) is 0 Å². The Balaban J connectivity index is 1.65. The molecule has 2 heterocycles. The summed E-state index contributed by atoms with van der Waals surface area (Å²) in [7, 11) is 2.19. The summed E-state index contributed by atoms with van der Waals surface area (Å²) in [6, 6.07) is 18.7. The molecule has 1 aliphatic heterocycles. The number of para-hydroxylation sites is 1. The Hall–Kier alpha value is -2.66. The van der Waals surface area contributed by atoms with Crippen LogP contribution in [-0.4, -0.2) is 48.1 Å². The van der Waals surface area contributed by atoms with E-state index in [0.29, 0.717) is 5.92 Å². The normalized spacial score (nSPS) is 18.4. The Morgan fingerprint density at radius 2 is 1.74 bits per heavy atom. The molecule has 1 unspecified atom stereocenters. The van der Waals surface area contributed by atoms with Crippen LogP contribution in [0.5, 0.6) is 0 Å². The molecule has 0 radical (unpaired) electrons. The van der Waals surface area contributed by atoms with E-state index in [1.165, 1.54) is 5.56 Å². The third kappa shape index (κ3) is 4.19. The van der Waals surface area contributed by atoms with E-state index in [2.05, 4.69) is 65.5 Å². The van der Waals surface area contributed by atoms with Crippen LogP contribution in [0.15, 0.2) is 54.6 Å². The highest BCUT2D eigenvalue weighted by Gasteiger charge is 2.21. The first-order valence-corrected chi connectivity index (χ1v) is 9.67. The van der Waals surface area contributed by atoms with Gasteiger partial charge in [0, 0.05) is 38.1 Å². The smallest absolute Gasteiger partial charge is 0.227 e. The Kier molecular flexibility index (Phi) is 5.21. The summed E-state index contributed by atoms with van der Waals surface area (Å²) in [5.41, 5.74) is 2.23. The van der Waals surface area contributed by atoms with Gasteiger partial charge in [-0.15, -0.1) is 0 Å². The van der Waals surface area contributed by atoms with Crippen LogP contribution in [0.4, 0.5) is 11.8 Å². The van der Waals surface area contributed by atoms with E-state index in [9.17, 15) is 0 Å². The molecular formula is C22H27N5. The third-order valence-corrected chi connectivity index (χ3v) is 5.08. The number of hydrogen-bond acceptors (Lipinski definition) is 5. The zero-order valence-corrected chi connectivity index (χ0v) is 16.1. The second kappa shape index (κ2) is 7.92. The second-order valence-corrected chi connectivity index (χ2v) is 7.54. The summed E-state index contributed by atoms with van der Waals surface area (Å²) in [5, 5.41) is 4.60. The predicted octanol–water partition coefficient (Wildman–Crippen LogP) is 3.63. The van der Waals surface area contributed by atoms with E-state index >= 15 is 0 Å². The van der Waals surface area contributed by atoms with Crippen molar-refractivity contribution in [2.75, 3.05) is 43.4 Å². The Morgan fingerprint density at radius 1 is 0.963 bits per heavy atom. The van der Waals surface area contributed by atoms with Crippen LogP contribution in [0.2, 0.25) is 0 Å². The van der Waals surface area contributed by atoms with Gasteiger partial charge in [0.1, 0.15) is 5.82 Å². The molecule has 5 nitrogen and oxygen atoms in total. The highest BCUT2D eigenvalue weighted by atomic mass is 15.3. The molecule has 3 aromatic rings. The number of anilines is 2. The van der Waals surface area contributed by atoms with Crippen molar-refractivity contribution < 1.29 is 0 Å². The van der Waals surface area contributed by atoms with E-state index in [4.69, 9.17) is 9.97 Å². The minimum absolute atomic E-state index is 0.591. The average Bonchev–Trinajstić information content (AvgIpc) is 2.86. The standard InChI is InChI=1S/C22H27N5/c1-17-15-26(2)12-13-27(16-17)22-24-20-11-7-6-10-19(20)21(25-22)23-14-18-8-4-3-5-9-18/h3-11,17H,12-16H2,1-2H3,(H,23,24,25). The molecule has 5 heteroatoms. The second-order valence-electron chi connectivity index (χ2n) is 7.54. The van der Waals surface area contributed by atoms with Crippen molar-refractivity contribution in [2.24, 2.45) is 5.92 Å². The number of nitrogens with zero attached hydrogens (tertiary/aromatic N) is 4. The third-order valence-electron chi connectivity index (χ3n) is 5.08.